The normalized spacial score (nSPS) is 11.4. The quantitative estimate of drug-likeness (QED) is 0.872. The molecule has 1 aromatic carbocycles. The second-order valence-electron chi connectivity index (χ2n) is 4.83. The second kappa shape index (κ2) is 5.10. The highest BCUT2D eigenvalue weighted by Crippen LogP contribution is 2.34. The molecule has 1 heterocycles. The van der Waals surface area contributed by atoms with Crippen molar-refractivity contribution in [3.8, 4) is 0 Å². The maximum Gasteiger partial charge on any atom is 0.247 e. The molecule has 0 bridgehead atoms. The van der Waals surface area contributed by atoms with Crippen LogP contribution in [0.1, 0.15) is 11.4 Å². The van der Waals surface area contributed by atoms with Gasteiger partial charge in [0.1, 0.15) is 7.14 Å². The minimum atomic E-state index is -2.21. The SMILES string of the molecule is Cc1nnc(Nc2ccc(P(C)(C)=O)cc2)nc1C. The third kappa shape index (κ3) is 3.38. The van der Waals surface area contributed by atoms with E-state index in [2.05, 4.69) is 20.5 Å². The van der Waals surface area contributed by atoms with Crippen molar-refractivity contribution in [3.63, 3.8) is 0 Å². The van der Waals surface area contributed by atoms with Crippen molar-refractivity contribution in [3.05, 3.63) is 35.7 Å². The largest absolute Gasteiger partial charge is 0.323 e. The number of benzene rings is 1. The Bertz CT molecular complexity index is 634. The molecule has 1 N–H and O–H groups in total. The van der Waals surface area contributed by atoms with Crippen molar-refractivity contribution in [2.45, 2.75) is 13.8 Å². The monoisotopic (exact) mass is 276 g/mol. The first-order chi connectivity index (χ1) is 8.86. The lowest BCUT2D eigenvalue weighted by Gasteiger charge is -2.09. The van der Waals surface area contributed by atoms with Gasteiger partial charge < -0.3 is 9.88 Å². The first-order valence-electron chi connectivity index (χ1n) is 5.97. The van der Waals surface area contributed by atoms with Crippen LogP contribution in [0.3, 0.4) is 0 Å². The molecule has 0 aliphatic rings. The molecule has 5 nitrogen and oxygen atoms in total. The predicted molar refractivity (Wildman–Crippen MR) is 78.1 cm³/mol. The fourth-order valence-electron chi connectivity index (χ4n) is 1.54. The highest BCUT2D eigenvalue weighted by atomic mass is 31.2. The molecule has 0 saturated heterocycles. The summed E-state index contributed by atoms with van der Waals surface area (Å²) in [5.41, 5.74) is 2.52. The molecule has 1 aromatic heterocycles. The Morgan fingerprint density at radius 3 is 2.16 bits per heavy atom. The van der Waals surface area contributed by atoms with E-state index in [1.807, 2.05) is 38.1 Å². The average Bonchev–Trinajstić information content (AvgIpc) is 2.33. The summed E-state index contributed by atoms with van der Waals surface area (Å²) in [5.74, 6) is 0.465. The summed E-state index contributed by atoms with van der Waals surface area (Å²) >= 11 is 0. The summed E-state index contributed by atoms with van der Waals surface area (Å²) in [5, 5.41) is 11.9. The van der Waals surface area contributed by atoms with Gasteiger partial charge in [-0.05, 0) is 51.4 Å². The molecule has 0 amide bonds. The van der Waals surface area contributed by atoms with Gasteiger partial charge in [-0.15, -0.1) is 5.10 Å². The molecule has 100 valence electrons. The molecule has 2 rings (SSSR count). The lowest BCUT2D eigenvalue weighted by molar-refractivity contribution is 0.588. The van der Waals surface area contributed by atoms with Crippen LogP contribution in [-0.4, -0.2) is 28.5 Å². The summed E-state index contributed by atoms with van der Waals surface area (Å²) in [6.07, 6.45) is 0. The molecule has 0 spiro atoms. The zero-order valence-corrected chi connectivity index (χ0v) is 12.4. The van der Waals surface area contributed by atoms with Gasteiger partial charge in [0.15, 0.2) is 0 Å². The van der Waals surface area contributed by atoms with Crippen LogP contribution in [0.5, 0.6) is 0 Å². The summed E-state index contributed by atoms with van der Waals surface area (Å²) in [6.45, 7) is 7.27. The number of rotatable bonds is 3. The summed E-state index contributed by atoms with van der Waals surface area (Å²) in [6, 6.07) is 7.45. The van der Waals surface area contributed by atoms with Crippen molar-refractivity contribution >= 4 is 24.1 Å². The molecule has 0 fully saturated rings. The molecule has 2 aromatic rings. The van der Waals surface area contributed by atoms with E-state index in [0.29, 0.717) is 5.95 Å². The molecule has 6 heteroatoms. The molecule has 0 aliphatic carbocycles. The van der Waals surface area contributed by atoms with E-state index in [1.165, 1.54) is 0 Å². The van der Waals surface area contributed by atoms with E-state index in [1.54, 1.807) is 13.3 Å². The van der Waals surface area contributed by atoms with Crippen LogP contribution in [-0.2, 0) is 4.57 Å². The van der Waals surface area contributed by atoms with E-state index >= 15 is 0 Å². The number of nitrogens with zero attached hydrogens (tertiary/aromatic N) is 3. The maximum atomic E-state index is 11.9. The Labute approximate surface area is 112 Å². The van der Waals surface area contributed by atoms with Crippen LogP contribution in [0.2, 0.25) is 0 Å². The summed E-state index contributed by atoms with van der Waals surface area (Å²) in [4.78, 5) is 4.30. The number of hydrogen-bond donors (Lipinski definition) is 1. The van der Waals surface area contributed by atoms with Gasteiger partial charge in [-0.25, -0.2) is 4.98 Å². The van der Waals surface area contributed by atoms with Crippen LogP contribution in [0.25, 0.3) is 0 Å². The Kier molecular flexibility index (Phi) is 3.67. The van der Waals surface area contributed by atoms with Crippen LogP contribution in [0, 0.1) is 13.8 Å². The van der Waals surface area contributed by atoms with E-state index < -0.39 is 7.14 Å². The molecule has 0 saturated carbocycles. The third-order valence-electron chi connectivity index (χ3n) is 2.84. The minimum Gasteiger partial charge on any atom is -0.323 e. The Hall–Kier alpha value is -1.74. The number of aromatic nitrogens is 3. The Morgan fingerprint density at radius 1 is 1.00 bits per heavy atom. The second-order valence-corrected chi connectivity index (χ2v) is 8.05. The van der Waals surface area contributed by atoms with Crippen LogP contribution in [0.15, 0.2) is 24.3 Å². The molecule has 19 heavy (non-hydrogen) atoms. The zero-order valence-electron chi connectivity index (χ0n) is 11.5. The van der Waals surface area contributed by atoms with Gasteiger partial charge in [0.25, 0.3) is 0 Å². The maximum absolute atomic E-state index is 11.9. The number of hydrogen-bond acceptors (Lipinski definition) is 5. The van der Waals surface area contributed by atoms with Gasteiger partial charge >= 0.3 is 0 Å². The van der Waals surface area contributed by atoms with Crippen molar-refractivity contribution in [1.82, 2.24) is 15.2 Å². The van der Waals surface area contributed by atoms with Crippen molar-refractivity contribution in [1.29, 1.82) is 0 Å². The lowest BCUT2D eigenvalue weighted by Crippen LogP contribution is -2.05. The smallest absolute Gasteiger partial charge is 0.247 e. The van der Waals surface area contributed by atoms with Gasteiger partial charge in [-0.1, -0.05) is 0 Å². The predicted octanol–water partition coefficient (Wildman–Crippen LogP) is 2.48. The van der Waals surface area contributed by atoms with E-state index in [9.17, 15) is 4.57 Å². The molecular weight excluding hydrogens is 259 g/mol. The van der Waals surface area contributed by atoms with E-state index in [-0.39, 0.29) is 0 Å². The fourth-order valence-corrected chi connectivity index (χ4v) is 2.41. The highest BCUT2D eigenvalue weighted by Gasteiger charge is 2.10. The third-order valence-corrected chi connectivity index (χ3v) is 4.38. The molecular formula is C13H17N4OP. The van der Waals surface area contributed by atoms with Gasteiger partial charge in [0.05, 0.1) is 11.4 Å². The molecule has 0 aliphatic heterocycles. The van der Waals surface area contributed by atoms with Gasteiger partial charge in [0.2, 0.25) is 5.95 Å². The van der Waals surface area contributed by atoms with Gasteiger partial charge in [0, 0.05) is 11.0 Å². The number of aryl methyl sites for hydroxylation is 2. The van der Waals surface area contributed by atoms with Crippen molar-refractivity contribution in [2.75, 3.05) is 18.6 Å². The van der Waals surface area contributed by atoms with E-state index in [0.717, 1.165) is 22.4 Å². The first kappa shape index (κ1) is 13.7. The number of nitrogens with one attached hydrogen (secondary N) is 1. The standard InChI is InChI=1S/C13H17N4OP/c1-9-10(2)16-17-13(14-9)15-11-5-7-12(8-6-11)19(3,4)18/h5-8H,1-4H3,(H,14,15,17). The molecule has 0 radical (unpaired) electrons. The van der Waals surface area contributed by atoms with Crippen LogP contribution >= 0.6 is 7.14 Å². The number of anilines is 2. The van der Waals surface area contributed by atoms with E-state index in [4.69, 9.17) is 0 Å². The minimum absolute atomic E-state index is 0.465. The van der Waals surface area contributed by atoms with Crippen LogP contribution in [0.4, 0.5) is 11.6 Å². The highest BCUT2D eigenvalue weighted by molar-refractivity contribution is 7.70. The Morgan fingerprint density at radius 2 is 1.63 bits per heavy atom. The zero-order chi connectivity index (χ0) is 14.0. The summed E-state index contributed by atoms with van der Waals surface area (Å²) < 4.78 is 11.9. The average molecular weight is 276 g/mol. The first-order valence-corrected chi connectivity index (χ1v) is 8.57. The van der Waals surface area contributed by atoms with Crippen molar-refractivity contribution in [2.24, 2.45) is 0 Å². The molecule has 0 unspecified atom stereocenters. The summed E-state index contributed by atoms with van der Waals surface area (Å²) in [7, 11) is -2.21. The lowest BCUT2D eigenvalue weighted by atomic mass is 10.3. The van der Waals surface area contributed by atoms with Gasteiger partial charge in [-0.3, -0.25) is 0 Å². The van der Waals surface area contributed by atoms with Gasteiger partial charge in [-0.2, -0.15) is 5.10 Å². The van der Waals surface area contributed by atoms with Crippen LogP contribution < -0.4 is 10.6 Å². The molecule has 0 atom stereocenters. The fraction of sp³-hybridized carbons (Fsp3) is 0.308. The topological polar surface area (TPSA) is 67.8 Å². The Balaban J connectivity index is 2.20. The van der Waals surface area contributed by atoms with Crippen molar-refractivity contribution < 1.29 is 4.57 Å².